The molecule has 0 aliphatic carbocycles. The summed E-state index contributed by atoms with van der Waals surface area (Å²) in [5.41, 5.74) is 0.713. The molecule has 0 amide bonds. The van der Waals surface area contributed by atoms with E-state index in [0.717, 1.165) is 13.0 Å². The van der Waals surface area contributed by atoms with Crippen molar-refractivity contribution in [2.24, 2.45) is 0 Å². The highest BCUT2D eigenvalue weighted by Crippen LogP contribution is 2.07. The van der Waals surface area contributed by atoms with Crippen LogP contribution in [0.5, 0.6) is 0 Å². The average Bonchev–Trinajstić information content (AvgIpc) is 2.26. The molecule has 0 radical (unpaired) electrons. The zero-order valence-electron chi connectivity index (χ0n) is 8.51. The highest BCUT2D eigenvalue weighted by atomic mass is 19.1. The fourth-order valence-electron chi connectivity index (χ4n) is 1.06. The fraction of sp³-hybridized carbons (Fsp3) is 0.250. The zero-order valence-corrected chi connectivity index (χ0v) is 8.51. The summed E-state index contributed by atoms with van der Waals surface area (Å²) < 4.78 is 12.9. The van der Waals surface area contributed by atoms with Gasteiger partial charge in [0.2, 0.25) is 0 Å². The van der Waals surface area contributed by atoms with Crippen LogP contribution in [0.15, 0.2) is 18.2 Å². The Morgan fingerprint density at radius 2 is 2.33 bits per heavy atom. The van der Waals surface area contributed by atoms with Gasteiger partial charge >= 0.3 is 0 Å². The SMILES string of the molecule is CNCCC#Cc1ccc(F)c(C=O)c1. The maximum Gasteiger partial charge on any atom is 0.153 e. The van der Waals surface area contributed by atoms with Gasteiger partial charge in [-0.2, -0.15) is 0 Å². The summed E-state index contributed by atoms with van der Waals surface area (Å²) >= 11 is 0. The quantitative estimate of drug-likeness (QED) is 0.461. The van der Waals surface area contributed by atoms with Gasteiger partial charge in [-0.3, -0.25) is 4.79 Å². The molecule has 1 N–H and O–H groups in total. The third-order valence-electron chi connectivity index (χ3n) is 1.86. The third-order valence-corrected chi connectivity index (χ3v) is 1.86. The fourth-order valence-corrected chi connectivity index (χ4v) is 1.06. The topological polar surface area (TPSA) is 29.1 Å². The summed E-state index contributed by atoms with van der Waals surface area (Å²) in [5.74, 6) is 5.28. The molecule has 78 valence electrons. The van der Waals surface area contributed by atoms with E-state index in [1.165, 1.54) is 12.1 Å². The molecule has 0 aliphatic heterocycles. The molecular formula is C12H12FNO. The molecule has 0 aromatic heterocycles. The molecule has 0 aliphatic rings. The highest BCUT2D eigenvalue weighted by molar-refractivity contribution is 5.76. The number of carbonyl (C=O) groups excluding carboxylic acids is 1. The summed E-state index contributed by atoms with van der Waals surface area (Å²) in [6, 6.07) is 4.27. The van der Waals surface area contributed by atoms with Crippen molar-refractivity contribution in [2.45, 2.75) is 6.42 Å². The van der Waals surface area contributed by atoms with E-state index in [1.807, 2.05) is 7.05 Å². The number of rotatable bonds is 3. The Morgan fingerprint density at radius 3 is 3.00 bits per heavy atom. The van der Waals surface area contributed by atoms with Crippen LogP contribution < -0.4 is 5.32 Å². The lowest BCUT2D eigenvalue weighted by atomic mass is 10.1. The first-order valence-electron chi connectivity index (χ1n) is 4.66. The summed E-state index contributed by atoms with van der Waals surface area (Å²) in [4.78, 5) is 10.5. The highest BCUT2D eigenvalue weighted by Gasteiger charge is 1.99. The van der Waals surface area contributed by atoms with Crippen molar-refractivity contribution < 1.29 is 9.18 Å². The number of aldehydes is 1. The van der Waals surface area contributed by atoms with E-state index in [-0.39, 0.29) is 5.56 Å². The van der Waals surface area contributed by atoms with Gasteiger partial charge in [-0.15, -0.1) is 0 Å². The molecule has 1 aromatic rings. The van der Waals surface area contributed by atoms with Crippen molar-refractivity contribution in [2.75, 3.05) is 13.6 Å². The standard InChI is InChI=1S/C12H12FNO/c1-14-7-3-2-4-10-5-6-12(13)11(8-10)9-15/h5-6,8-9,14H,3,7H2,1H3. The van der Waals surface area contributed by atoms with Crippen molar-refractivity contribution in [1.82, 2.24) is 5.32 Å². The Kier molecular flexibility index (Phi) is 4.52. The van der Waals surface area contributed by atoms with Crippen LogP contribution in [0.4, 0.5) is 4.39 Å². The number of halogens is 1. The van der Waals surface area contributed by atoms with Gasteiger partial charge in [0.15, 0.2) is 6.29 Å². The average molecular weight is 205 g/mol. The lowest BCUT2D eigenvalue weighted by Crippen LogP contribution is -2.05. The predicted molar refractivity (Wildman–Crippen MR) is 57.2 cm³/mol. The molecule has 0 atom stereocenters. The molecule has 0 spiro atoms. The molecule has 2 nitrogen and oxygen atoms in total. The van der Waals surface area contributed by atoms with Crippen LogP contribution >= 0.6 is 0 Å². The van der Waals surface area contributed by atoms with Crippen LogP contribution in [0.2, 0.25) is 0 Å². The van der Waals surface area contributed by atoms with Gasteiger partial charge in [-0.1, -0.05) is 11.8 Å². The Labute approximate surface area is 88.5 Å². The van der Waals surface area contributed by atoms with Gasteiger partial charge in [-0.05, 0) is 25.2 Å². The molecule has 0 saturated carbocycles. The number of hydrogen-bond donors (Lipinski definition) is 1. The van der Waals surface area contributed by atoms with E-state index in [0.29, 0.717) is 11.8 Å². The van der Waals surface area contributed by atoms with Gasteiger partial charge in [0.05, 0.1) is 5.56 Å². The molecule has 15 heavy (non-hydrogen) atoms. The summed E-state index contributed by atoms with van der Waals surface area (Å²) in [7, 11) is 1.85. The molecule has 3 heteroatoms. The minimum absolute atomic E-state index is 0.0513. The van der Waals surface area contributed by atoms with Crippen LogP contribution in [-0.4, -0.2) is 19.9 Å². The third kappa shape index (κ3) is 3.53. The zero-order chi connectivity index (χ0) is 11.1. The van der Waals surface area contributed by atoms with Crippen molar-refractivity contribution in [1.29, 1.82) is 0 Å². The van der Waals surface area contributed by atoms with Crippen molar-refractivity contribution in [3.8, 4) is 11.8 Å². The molecule has 1 rings (SSSR count). The Bertz CT molecular complexity index is 404. The Hall–Kier alpha value is -1.66. The molecule has 0 heterocycles. The van der Waals surface area contributed by atoms with Gasteiger partial charge in [0.1, 0.15) is 5.82 Å². The Morgan fingerprint density at radius 1 is 1.53 bits per heavy atom. The monoisotopic (exact) mass is 205 g/mol. The summed E-state index contributed by atoms with van der Waals surface area (Å²) in [6.45, 7) is 0.814. The second kappa shape index (κ2) is 5.94. The molecule has 0 fully saturated rings. The molecule has 0 saturated heterocycles. The molecule has 0 unspecified atom stereocenters. The maximum atomic E-state index is 12.9. The van der Waals surface area contributed by atoms with Gasteiger partial charge in [0, 0.05) is 18.5 Å². The van der Waals surface area contributed by atoms with E-state index >= 15 is 0 Å². The number of benzene rings is 1. The largest absolute Gasteiger partial charge is 0.319 e. The summed E-state index contributed by atoms with van der Waals surface area (Å²) in [6.07, 6.45) is 1.22. The minimum atomic E-state index is -0.509. The maximum absolute atomic E-state index is 12.9. The number of hydrogen-bond acceptors (Lipinski definition) is 2. The van der Waals surface area contributed by atoms with Crippen LogP contribution in [0, 0.1) is 17.7 Å². The van der Waals surface area contributed by atoms with Gasteiger partial charge < -0.3 is 5.32 Å². The van der Waals surface area contributed by atoms with Crippen LogP contribution in [0.1, 0.15) is 22.3 Å². The molecular weight excluding hydrogens is 193 g/mol. The van der Waals surface area contributed by atoms with E-state index in [1.54, 1.807) is 6.07 Å². The summed E-state index contributed by atoms with van der Waals surface area (Å²) in [5, 5.41) is 2.97. The lowest BCUT2D eigenvalue weighted by molar-refractivity contribution is 0.112. The predicted octanol–water partition coefficient (Wildman–Crippen LogP) is 1.60. The first-order chi connectivity index (χ1) is 7.27. The first-order valence-corrected chi connectivity index (χ1v) is 4.66. The first kappa shape index (κ1) is 11.4. The van der Waals surface area contributed by atoms with Gasteiger partial charge in [0.25, 0.3) is 0 Å². The molecule has 1 aromatic carbocycles. The van der Waals surface area contributed by atoms with Crippen LogP contribution in [0.25, 0.3) is 0 Å². The number of nitrogens with one attached hydrogen (secondary N) is 1. The number of carbonyl (C=O) groups is 1. The van der Waals surface area contributed by atoms with Crippen molar-refractivity contribution in [3.63, 3.8) is 0 Å². The van der Waals surface area contributed by atoms with E-state index in [4.69, 9.17) is 0 Å². The van der Waals surface area contributed by atoms with E-state index in [2.05, 4.69) is 17.2 Å². The van der Waals surface area contributed by atoms with E-state index in [9.17, 15) is 9.18 Å². The van der Waals surface area contributed by atoms with Crippen LogP contribution in [0.3, 0.4) is 0 Å². The molecule has 0 bridgehead atoms. The lowest BCUT2D eigenvalue weighted by Gasteiger charge is -1.95. The minimum Gasteiger partial charge on any atom is -0.319 e. The van der Waals surface area contributed by atoms with E-state index < -0.39 is 5.82 Å². The normalized spacial score (nSPS) is 9.20. The second-order valence-corrected chi connectivity index (χ2v) is 3.01. The smallest absolute Gasteiger partial charge is 0.153 e. The van der Waals surface area contributed by atoms with Crippen LogP contribution in [-0.2, 0) is 0 Å². The van der Waals surface area contributed by atoms with Crippen molar-refractivity contribution >= 4 is 6.29 Å². The van der Waals surface area contributed by atoms with Crippen molar-refractivity contribution in [3.05, 3.63) is 35.1 Å². The van der Waals surface area contributed by atoms with Gasteiger partial charge in [-0.25, -0.2) is 4.39 Å². The second-order valence-electron chi connectivity index (χ2n) is 3.01. The Balaban J connectivity index is 2.76.